The summed E-state index contributed by atoms with van der Waals surface area (Å²) < 4.78 is 23.4. The van der Waals surface area contributed by atoms with Crippen LogP contribution in [0.25, 0.3) is 0 Å². The highest BCUT2D eigenvalue weighted by Gasteiger charge is 2.36. The first-order valence-electron chi connectivity index (χ1n) is 10.3. The first-order valence-corrected chi connectivity index (χ1v) is 12.9. The van der Waals surface area contributed by atoms with Crippen molar-refractivity contribution < 1.29 is 33.8 Å². The Labute approximate surface area is 209 Å². The van der Waals surface area contributed by atoms with Crippen LogP contribution in [0, 0.1) is 0 Å². The highest BCUT2D eigenvalue weighted by atomic mass is 79.9. The molecule has 11 heteroatoms. The van der Waals surface area contributed by atoms with Crippen molar-refractivity contribution in [2.75, 3.05) is 13.2 Å². The molecule has 0 bridgehead atoms. The zero-order valence-corrected chi connectivity index (χ0v) is 22.3. The fourth-order valence-electron chi connectivity index (χ4n) is 3.53. The number of nitrogens with zero attached hydrogens (tertiary/aromatic N) is 1. The van der Waals surface area contributed by atoms with Gasteiger partial charge in [0.05, 0.1) is 29.6 Å². The van der Waals surface area contributed by atoms with E-state index in [1.165, 1.54) is 30.0 Å². The molecule has 0 saturated carbocycles. The lowest BCUT2D eigenvalue weighted by atomic mass is 10.1. The highest BCUT2D eigenvalue weighted by molar-refractivity contribution is 9.11. The number of carbonyl (C=O) groups excluding carboxylic acids is 2. The molecule has 1 fully saturated rings. The predicted molar refractivity (Wildman–Crippen MR) is 131 cm³/mol. The van der Waals surface area contributed by atoms with Gasteiger partial charge in [-0.3, -0.25) is 4.79 Å². The molecule has 0 aromatic heterocycles. The smallest absolute Gasteiger partial charge is 0.328 e. The molecule has 2 N–H and O–H groups in total. The first-order chi connectivity index (χ1) is 15.6. The molecule has 8 nitrogen and oxygen atoms in total. The molecule has 2 aromatic rings. The third kappa shape index (κ3) is 5.62. The van der Waals surface area contributed by atoms with Gasteiger partial charge in [-0.15, -0.1) is 0 Å². The van der Waals surface area contributed by atoms with Crippen LogP contribution in [-0.4, -0.2) is 46.2 Å². The first kappa shape index (κ1) is 25.7. The second-order valence-electron chi connectivity index (χ2n) is 7.72. The van der Waals surface area contributed by atoms with Crippen molar-refractivity contribution >= 4 is 52.2 Å². The van der Waals surface area contributed by atoms with Gasteiger partial charge in [-0.25, -0.2) is 4.79 Å². The van der Waals surface area contributed by atoms with Crippen LogP contribution < -0.4 is 4.74 Å². The van der Waals surface area contributed by atoms with Crippen molar-refractivity contribution in [2.45, 2.75) is 38.1 Å². The lowest BCUT2D eigenvalue weighted by Crippen LogP contribution is -2.41. The average molecular weight is 605 g/mol. The van der Waals surface area contributed by atoms with E-state index < -0.39 is 31.7 Å². The van der Waals surface area contributed by atoms with Gasteiger partial charge in [-0.1, -0.05) is 0 Å². The van der Waals surface area contributed by atoms with Crippen LogP contribution in [0.2, 0.25) is 0 Å². The van der Waals surface area contributed by atoms with Crippen molar-refractivity contribution in [1.82, 2.24) is 4.90 Å². The fraction of sp³-hybridized carbons (Fsp3) is 0.364. The predicted octanol–water partition coefficient (Wildman–Crippen LogP) is 4.80. The maximum Gasteiger partial charge on any atom is 0.328 e. The van der Waals surface area contributed by atoms with E-state index in [1.54, 1.807) is 19.1 Å². The van der Waals surface area contributed by atoms with Crippen molar-refractivity contribution in [3.8, 4) is 17.2 Å². The van der Waals surface area contributed by atoms with E-state index >= 15 is 0 Å². The highest BCUT2D eigenvalue weighted by Crippen LogP contribution is 2.43. The molecule has 33 heavy (non-hydrogen) atoms. The number of hydrogen-bond acceptors (Lipinski definition) is 7. The number of benzene rings is 2. The zero-order chi connectivity index (χ0) is 24.3. The Morgan fingerprint density at radius 1 is 1.24 bits per heavy atom. The molecule has 1 aliphatic rings. The minimum atomic E-state index is -1.47. The van der Waals surface area contributed by atoms with Gasteiger partial charge in [0.1, 0.15) is 22.9 Å². The molecule has 3 rings (SSSR count). The quantitative estimate of drug-likeness (QED) is 0.345. The molecular weight excluding hydrogens is 581 g/mol. The number of rotatable bonds is 7. The maximum atomic E-state index is 13.1. The van der Waals surface area contributed by atoms with Gasteiger partial charge in [0.25, 0.3) is 5.91 Å². The number of hydrogen-bond donors (Lipinski definition) is 2. The number of phenolic OH excluding ortho intramolecular Hbond substituents is 1. The topological polar surface area (TPSA) is 113 Å². The van der Waals surface area contributed by atoms with Gasteiger partial charge < -0.3 is 29.2 Å². The normalized spacial score (nSPS) is 17.8. The summed E-state index contributed by atoms with van der Waals surface area (Å²) in [6.07, 6.45) is 1.16. The van der Waals surface area contributed by atoms with Gasteiger partial charge in [0.2, 0.25) is 0 Å². The number of ether oxygens (including phenoxy) is 2. The third-order valence-electron chi connectivity index (χ3n) is 5.30. The SMILES string of the molecule is CCOC(=O)C1CCCN1C(=O)c1cc(Oc2c(Br)cc(C(C)(O)[PH2]=O)cc2Br)ccc1O. The van der Waals surface area contributed by atoms with E-state index in [0.717, 1.165) is 0 Å². The number of aliphatic hydroxyl groups is 1. The number of carbonyl (C=O) groups is 2. The summed E-state index contributed by atoms with van der Waals surface area (Å²) in [5.74, 6) is -0.538. The summed E-state index contributed by atoms with van der Waals surface area (Å²) in [5, 5.41) is 19.2. The summed E-state index contributed by atoms with van der Waals surface area (Å²) in [6.45, 7) is 3.77. The van der Waals surface area contributed by atoms with E-state index in [4.69, 9.17) is 9.47 Å². The molecule has 3 unspecified atom stereocenters. The Bertz CT molecular complexity index is 1070. The standard InChI is InChI=1S/C22H24Br2NO7P/c1-3-31-21(28)17-5-4-8-25(17)20(27)14-11-13(6-7-18(14)26)32-19-15(23)9-12(10-16(19)24)22(2,29)33-30/h6-7,9-11,17,26,29H,3-5,8,33H2,1-2H3. The minimum absolute atomic E-state index is 0.00505. The molecule has 1 saturated heterocycles. The Balaban J connectivity index is 1.89. The molecule has 3 atom stereocenters. The fourth-order valence-corrected chi connectivity index (χ4v) is 5.18. The number of esters is 1. The lowest BCUT2D eigenvalue weighted by molar-refractivity contribution is -0.147. The summed E-state index contributed by atoms with van der Waals surface area (Å²) in [7, 11) is -1.47. The van der Waals surface area contributed by atoms with Crippen LogP contribution in [-0.2, 0) is 19.4 Å². The van der Waals surface area contributed by atoms with Crippen molar-refractivity contribution in [3.63, 3.8) is 0 Å². The second kappa shape index (κ2) is 10.6. The Hall–Kier alpha value is -1.87. The van der Waals surface area contributed by atoms with Gasteiger partial charge >= 0.3 is 5.97 Å². The van der Waals surface area contributed by atoms with E-state index in [0.29, 0.717) is 39.6 Å². The van der Waals surface area contributed by atoms with Gasteiger partial charge in [-0.2, -0.15) is 0 Å². The summed E-state index contributed by atoms with van der Waals surface area (Å²) in [4.78, 5) is 26.8. The van der Waals surface area contributed by atoms with Crippen molar-refractivity contribution in [3.05, 3.63) is 50.4 Å². The van der Waals surface area contributed by atoms with E-state index in [1.807, 2.05) is 0 Å². The van der Waals surface area contributed by atoms with Crippen LogP contribution >= 0.6 is 40.3 Å². The number of aromatic hydroxyl groups is 1. The molecule has 0 radical (unpaired) electrons. The number of likely N-dealkylation sites (tertiary alicyclic amines) is 1. The van der Waals surface area contributed by atoms with Gasteiger partial charge in [-0.05, 0) is 94.4 Å². The Morgan fingerprint density at radius 3 is 2.52 bits per heavy atom. The van der Waals surface area contributed by atoms with E-state index in [2.05, 4.69) is 31.9 Å². The summed E-state index contributed by atoms with van der Waals surface area (Å²) in [5.41, 5.74) is 0.449. The maximum absolute atomic E-state index is 13.1. The van der Waals surface area contributed by atoms with E-state index in [9.17, 15) is 24.4 Å². The van der Waals surface area contributed by atoms with E-state index in [-0.39, 0.29) is 23.7 Å². The minimum Gasteiger partial charge on any atom is -0.507 e. The van der Waals surface area contributed by atoms with Crippen LogP contribution in [0.4, 0.5) is 0 Å². The molecule has 1 amide bonds. The summed E-state index contributed by atoms with van der Waals surface area (Å²) in [6, 6.07) is 6.78. The van der Waals surface area contributed by atoms with Gasteiger partial charge in [0.15, 0.2) is 5.75 Å². The summed E-state index contributed by atoms with van der Waals surface area (Å²) >= 11 is 6.79. The van der Waals surface area contributed by atoms with Crippen molar-refractivity contribution in [1.29, 1.82) is 0 Å². The molecule has 178 valence electrons. The monoisotopic (exact) mass is 603 g/mol. The zero-order valence-electron chi connectivity index (χ0n) is 18.0. The lowest BCUT2D eigenvalue weighted by Gasteiger charge is -2.24. The molecule has 1 heterocycles. The van der Waals surface area contributed by atoms with Crippen LogP contribution in [0.15, 0.2) is 39.3 Å². The Morgan fingerprint density at radius 2 is 1.91 bits per heavy atom. The van der Waals surface area contributed by atoms with Crippen LogP contribution in [0.1, 0.15) is 42.6 Å². The third-order valence-corrected chi connectivity index (χ3v) is 7.27. The molecular formula is C22H24Br2NO7P. The second-order valence-corrected chi connectivity index (χ2v) is 10.8. The largest absolute Gasteiger partial charge is 0.507 e. The molecule has 0 aliphatic carbocycles. The molecule has 2 aromatic carbocycles. The molecule has 0 spiro atoms. The van der Waals surface area contributed by atoms with Gasteiger partial charge in [0, 0.05) is 6.54 Å². The average Bonchev–Trinajstić information content (AvgIpc) is 3.27. The number of amides is 1. The molecule has 1 aliphatic heterocycles. The van der Waals surface area contributed by atoms with Crippen LogP contribution in [0.3, 0.4) is 0 Å². The Kier molecular flexibility index (Phi) is 8.26. The number of halogens is 2. The number of phenols is 1. The van der Waals surface area contributed by atoms with Crippen LogP contribution in [0.5, 0.6) is 17.2 Å². The van der Waals surface area contributed by atoms with Crippen molar-refractivity contribution in [2.24, 2.45) is 0 Å².